The molecule has 3 rings (SSSR count). The molecule has 1 aromatic carbocycles. The van der Waals surface area contributed by atoms with Crippen LogP contribution >= 0.6 is 0 Å². The summed E-state index contributed by atoms with van der Waals surface area (Å²) < 4.78 is 1.43. The fourth-order valence-corrected chi connectivity index (χ4v) is 3.13. The number of anilines is 2. The van der Waals surface area contributed by atoms with Crippen molar-refractivity contribution in [3.63, 3.8) is 0 Å². The maximum atomic E-state index is 13.0. The Morgan fingerprint density at radius 2 is 1.93 bits per heavy atom. The average molecular weight is 382 g/mol. The van der Waals surface area contributed by atoms with Crippen LogP contribution in [0, 0.1) is 6.92 Å². The van der Waals surface area contributed by atoms with Crippen molar-refractivity contribution in [2.75, 3.05) is 18.4 Å². The molecular formula is C20H26N6O2. The molecule has 2 N–H and O–H groups in total. The Morgan fingerprint density at radius 1 is 1.21 bits per heavy atom. The third-order valence-electron chi connectivity index (χ3n) is 4.66. The second kappa shape index (κ2) is 7.84. The maximum absolute atomic E-state index is 13.0. The van der Waals surface area contributed by atoms with E-state index in [1.54, 1.807) is 23.1 Å². The summed E-state index contributed by atoms with van der Waals surface area (Å²) >= 11 is 0. The Labute approximate surface area is 163 Å². The molecule has 2 aromatic heterocycles. The molecule has 0 fully saturated rings. The molecule has 0 atom stereocenters. The van der Waals surface area contributed by atoms with Crippen LogP contribution in [-0.4, -0.2) is 43.9 Å². The van der Waals surface area contributed by atoms with E-state index in [2.05, 4.69) is 20.6 Å². The monoisotopic (exact) mass is 382 g/mol. The van der Waals surface area contributed by atoms with E-state index < -0.39 is 0 Å². The zero-order chi connectivity index (χ0) is 20.4. The number of hydrogen-bond donors (Lipinski definition) is 2. The summed E-state index contributed by atoms with van der Waals surface area (Å²) in [6, 6.07) is 6.91. The summed E-state index contributed by atoms with van der Waals surface area (Å²) in [6.07, 6.45) is 0. The van der Waals surface area contributed by atoms with Crippen LogP contribution in [0.15, 0.2) is 29.1 Å². The van der Waals surface area contributed by atoms with Crippen molar-refractivity contribution in [2.45, 2.75) is 40.7 Å². The van der Waals surface area contributed by atoms with Gasteiger partial charge in [-0.15, -0.1) is 0 Å². The van der Waals surface area contributed by atoms with Crippen LogP contribution in [0.2, 0.25) is 0 Å². The molecule has 3 aromatic rings. The number of carbonyl (C=O) groups excluding carboxylic acids is 1. The lowest BCUT2D eigenvalue weighted by Crippen LogP contribution is -2.31. The van der Waals surface area contributed by atoms with E-state index in [1.807, 2.05) is 40.7 Å². The predicted octanol–water partition coefficient (Wildman–Crippen LogP) is 3.23. The highest BCUT2D eigenvalue weighted by Crippen LogP contribution is 2.24. The van der Waals surface area contributed by atoms with Gasteiger partial charge < -0.3 is 10.2 Å². The zero-order valence-corrected chi connectivity index (χ0v) is 16.9. The van der Waals surface area contributed by atoms with E-state index in [4.69, 9.17) is 0 Å². The van der Waals surface area contributed by atoms with Gasteiger partial charge in [0.25, 0.3) is 11.5 Å². The molecule has 8 heteroatoms. The highest BCUT2D eigenvalue weighted by molar-refractivity contribution is 6.01. The summed E-state index contributed by atoms with van der Waals surface area (Å²) in [5.41, 5.74) is 1.19. The number of aromatic nitrogens is 4. The van der Waals surface area contributed by atoms with Crippen LogP contribution < -0.4 is 10.9 Å². The SMILES string of the molecule is CCN(CC)C(=O)c1ccc2c(Nc3cc(C)[nH]n3)nn(C(C)C)c(=O)c2c1. The van der Waals surface area contributed by atoms with Crippen molar-refractivity contribution in [3.05, 3.63) is 45.9 Å². The van der Waals surface area contributed by atoms with Crippen LogP contribution in [0.4, 0.5) is 11.6 Å². The number of fused-ring (bicyclic) bond motifs is 1. The number of rotatable bonds is 6. The summed E-state index contributed by atoms with van der Waals surface area (Å²) in [4.78, 5) is 27.5. The Morgan fingerprint density at radius 3 is 2.50 bits per heavy atom. The topological polar surface area (TPSA) is 95.9 Å². The van der Waals surface area contributed by atoms with Gasteiger partial charge in [-0.2, -0.15) is 10.2 Å². The summed E-state index contributed by atoms with van der Waals surface area (Å²) in [5.74, 6) is 1.05. The average Bonchev–Trinajstić information content (AvgIpc) is 3.09. The standard InChI is InChI=1S/C20H26N6O2/c1-6-25(7-2)19(27)14-8-9-15-16(11-14)20(28)26(12(3)4)24-18(15)21-17-10-13(5)22-23-17/h8-12H,6-7H2,1-5H3,(H2,21,22,23,24). The first kappa shape index (κ1) is 19.6. The van der Waals surface area contributed by atoms with Crippen molar-refractivity contribution in [2.24, 2.45) is 0 Å². The van der Waals surface area contributed by atoms with E-state index >= 15 is 0 Å². The molecule has 1 amide bonds. The number of aryl methyl sites for hydroxylation is 1. The fourth-order valence-electron chi connectivity index (χ4n) is 3.13. The Hall–Kier alpha value is -3.16. The van der Waals surface area contributed by atoms with Gasteiger partial charge in [0.2, 0.25) is 0 Å². The second-order valence-electron chi connectivity index (χ2n) is 6.99. The molecular weight excluding hydrogens is 356 g/mol. The van der Waals surface area contributed by atoms with Gasteiger partial charge in [0.15, 0.2) is 11.6 Å². The number of H-pyrrole nitrogens is 1. The van der Waals surface area contributed by atoms with Gasteiger partial charge in [-0.1, -0.05) is 0 Å². The van der Waals surface area contributed by atoms with Crippen molar-refractivity contribution >= 4 is 28.3 Å². The minimum atomic E-state index is -0.219. The molecule has 0 bridgehead atoms. The van der Waals surface area contributed by atoms with Crippen molar-refractivity contribution < 1.29 is 4.79 Å². The van der Waals surface area contributed by atoms with Gasteiger partial charge in [-0.05, 0) is 52.8 Å². The Bertz CT molecular complexity index is 1060. The lowest BCUT2D eigenvalue weighted by molar-refractivity contribution is 0.0773. The van der Waals surface area contributed by atoms with Crippen molar-refractivity contribution in [3.8, 4) is 0 Å². The minimum Gasteiger partial charge on any atom is -0.339 e. The fraction of sp³-hybridized carbons (Fsp3) is 0.400. The van der Waals surface area contributed by atoms with E-state index in [9.17, 15) is 9.59 Å². The molecule has 0 aliphatic heterocycles. The molecule has 0 saturated heterocycles. The smallest absolute Gasteiger partial charge is 0.275 e. The predicted molar refractivity (Wildman–Crippen MR) is 110 cm³/mol. The van der Waals surface area contributed by atoms with Crippen molar-refractivity contribution in [1.29, 1.82) is 0 Å². The third kappa shape index (κ3) is 3.62. The van der Waals surface area contributed by atoms with E-state index in [0.717, 1.165) is 5.69 Å². The lowest BCUT2D eigenvalue weighted by atomic mass is 10.1. The molecule has 28 heavy (non-hydrogen) atoms. The molecule has 8 nitrogen and oxygen atoms in total. The Balaban J connectivity index is 2.17. The molecule has 0 radical (unpaired) electrons. The highest BCUT2D eigenvalue weighted by atomic mass is 16.2. The largest absolute Gasteiger partial charge is 0.339 e. The quantitative estimate of drug-likeness (QED) is 0.682. The molecule has 0 spiro atoms. The van der Waals surface area contributed by atoms with Gasteiger partial charge >= 0.3 is 0 Å². The number of benzene rings is 1. The highest BCUT2D eigenvalue weighted by Gasteiger charge is 2.18. The van der Waals surface area contributed by atoms with Gasteiger partial charge in [0.05, 0.1) is 11.4 Å². The minimum absolute atomic E-state index is 0.0864. The van der Waals surface area contributed by atoms with E-state index in [-0.39, 0.29) is 17.5 Å². The molecule has 148 valence electrons. The number of amides is 1. The molecule has 0 unspecified atom stereocenters. The third-order valence-corrected chi connectivity index (χ3v) is 4.66. The van der Waals surface area contributed by atoms with Gasteiger partial charge in [-0.3, -0.25) is 14.7 Å². The van der Waals surface area contributed by atoms with E-state index in [1.165, 1.54) is 4.68 Å². The van der Waals surface area contributed by atoms with Gasteiger partial charge in [-0.25, -0.2) is 4.68 Å². The molecule has 0 saturated carbocycles. The molecule has 2 heterocycles. The number of aromatic amines is 1. The maximum Gasteiger partial charge on any atom is 0.275 e. The van der Waals surface area contributed by atoms with Crippen molar-refractivity contribution in [1.82, 2.24) is 24.9 Å². The first-order chi connectivity index (χ1) is 13.3. The molecule has 0 aliphatic carbocycles. The summed E-state index contributed by atoms with van der Waals surface area (Å²) in [5, 5.41) is 15.8. The van der Waals surface area contributed by atoms with Crippen LogP contribution in [0.1, 0.15) is 49.8 Å². The van der Waals surface area contributed by atoms with Crippen LogP contribution in [0.3, 0.4) is 0 Å². The summed E-state index contributed by atoms with van der Waals surface area (Å²) in [7, 11) is 0. The first-order valence-electron chi connectivity index (χ1n) is 9.50. The second-order valence-corrected chi connectivity index (χ2v) is 6.99. The van der Waals surface area contributed by atoms with Crippen LogP contribution in [-0.2, 0) is 0 Å². The number of nitrogens with one attached hydrogen (secondary N) is 2. The van der Waals surface area contributed by atoms with Gasteiger partial charge in [0, 0.05) is 35.8 Å². The normalized spacial score (nSPS) is 11.2. The zero-order valence-electron chi connectivity index (χ0n) is 16.9. The number of carbonyl (C=O) groups is 1. The number of nitrogens with zero attached hydrogens (tertiary/aromatic N) is 4. The van der Waals surface area contributed by atoms with E-state index in [0.29, 0.717) is 41.1 Å². The summed E-state index contributed by atoms with van der Waals surface area (Å²) in [6.45, 7) is 10.8. The van der Waals surface area contributed by atoms with Crippen LogP contribution in [0.5, 0.6) is 0 Å². The van der Waals surface area contributed by atoms with Crippen LogP contribution in [0.25, 0.3) is 10.8 Å². The first-order valence-corrected chi connectivity index (χ1v) is 9.50. The Kier molecular flexibility index (Phi) is 5.48. The molecule has 0 aliphatic rings. The number of hydrogen-bond acceptors (Lipinski definition) is 5. The lowest BCUT2D eigenvalue weighted by Gasteiger charge is -2.19. The van der Waals surface area contributed by atoms with Gasteiger partial charge in [0.1, 0.15) is 0 Å².